The lowest BCUT2D eigenvalue weighted by atomic mass is 10.2. The molecule has 0 saturated heterocycles. The van der Waals surface area contributed by atoms with Crippen LogP contribution >= 0.6 is 0 Å². The molecule has 0 aliphatic carbocycles. The van der Waals surface area contributed by atoms with Crippen molar-refractivity contribution >= 4 is 22.7 Å². The number of fused-ring (bicyclic) bond motifs is 1. The first-order valence-corrected chi connectivity index (χ1v) is 8.47. The van der Waals surface area contributed by atoms with E-state index in [9.17, 15) is 0 Å². The van der Waals surface area contributed by atoms with Crippen molar-refractivity contribution in [1.29, 1.82) is 0 Å². The Morgan fingerprint density at radius 2 is 1.74 bits per heavy atom. The Morgan fingerprint density at radius 3 is 2.52 bits per heavy atom. The zero-order chi connectivity index (χ0) is 18.6. The summed E-state index contributed by atoms with van der Waals surface area (Å²) in [6.07, 6.45) is 3.15. The van der Waals surface area contributed by atoms with Gasteiger partial charge in [-0.05, 0) is 17.7 Å². The molecule has 0 fully saturated rings. The summed E-state index contributed by atoms with van der Waals surface area (Å²) >= 11 is 0. The van der Waals surface area contributed by atoms with Crippen LogP contribution in [0.25, 0.3) is 11.2 Å². The van der Waals surface area contributed by atoms with Gasteiger partial charge in [0.25, 0.3) is 0 Å². The average Bonchev–Trinajstić information content (AvgIpc) is 3.21. The molecule has 4 aromatic rings. The number of aromatic nitrogens is 4. The highest BCUT2D eigenvalue weighted by atomic mass is 16.5. The zero-order valence-corrected chi connectivity index (χ0v) is 15.1. The highest BCUT2D eigenvalue weighted by molar-refractivity contribution is 5.86. The Hall–Kier alpha value is -3.61. The largest absolute Gasteiger partial charge is 0.493 e. The maximum Gasteiger partial charge on any atom is 0.182 e. The third-order valence-corrected chi connectivity index (χ3v) is 4.32. The monoisotopic (exact) mass is 361 g/mol. The maximum absolute atomic E-state index is 5.48. The molecule has 0 bridgehead atoms. The van der Waals surface area contributed by atoms with Crippen molar-refractivity contribution < 1.29 is 9.47 Å². The van der Waals surface area contributed by atoms with Gasteiger partial charge >= 0.3 is 0 Å². The summed E-state index contributed by atoms with van der Waals surface area (Å²) in [5, 5.41) is 0. The molecule has 27 heavy (non-hydrogen) atoms. The van der Waals surface area contributed by atoms with E-state index in [0.717, 1.165) is 22.6 Å². The van der Waals surface area contributed by atoms with Crippen LogP contribution < -0.4 is 14.4 Å². The SMILES string of the molecule is COc1ccc(N(Cc2ccccc2)c2ncnc3nc[nH]c23)cc1OC. The summed E-state index contributed by atoms with van der Waals surface area (Å²) in [5.41, 5.74) is 3.48. The van der Waals surface area contributed by atoms with Crippen LogP contribution in [0.3, 0.4) is 0 Å². The number of hydrogen-bond donors (Lipinski definition) is 1. The molecule has 136 valence electrons. The van der Waals surface area contributed by atoms with Gasteiger partial charge in [0.1, 0.15) is 11.8 Å². The van der Waals surface area contributed by atoms with Gasteiger partial charge in [-0.1, -0.05) is 30.3 Å². The predicted octanol–water partition coefficient (Wildman–Crippen LogP) is 3.71. The number of imidazole rings is 1. The van der Waals surface area contributed by atoms with E-state index >= 15 is 0 Å². The van der Waals surface area contributed by atoms with Crippen LogP contribution in [0.4, 0.5) is 11.5 Å². The van der Waals surface area contributed by atoms with E-state index in [1.807, 2.05) is 36.4 Å². The van der Waals surface area contributed by atoms with Crippen LogP contribution in [0.1, 0.15) is 5.56 Å². The van der Waals surface area contributed by atoms with E-state index in [-0.39, 0.29) is 0 Å². The number of rotatable bonds is 6. The molecule has 0 amide bonds. The van der Waals surface area contributed by atoms with E-state index in [4.69, 9.17) is 9.47 Å². The van der Waals surface area contributed by atoms with Crippen LogP contribution in [0, 0.1) is 0 Å². The van der Waals surface area contributed by atoms with Crippen molar-refractivity contribution in [3.63, 3.8) is 0 Å². The molecule has 2 heterocycles. The van der Waals surface area contributed by atoms with Gasteiger partial charge < -0.3 is 19.4 Å². The van der Waals surface area contributed by atoms with Crippen molar-refractivity contribution in [2.75, 3.05) is 19.1 Å². The maximum atomic E-state index is 5.48. The van der Waals surface area contributed by atoms with Crippen LogP contribution in [0.2, 0.25) is 0 Å². The summed E-state index contributed by atoms with van der Waals surface area (Å²) in [7, 11) is 3.25. The molecule has 0 unspecified atom stereocenters. The van der Waals surface area contributed by atoms with E-state index < -0.39 is 0 Å². The fourth-order valence-electron chi connectivity index (χ4n) is 3.00. The summed E-state index contributed by atoms with van der Waals surface area (Å²) < 4.78 is 10.8. The zero-order valence-electron chi connectivity index (χ0n) is 15.1. The lowest BCUT2D eigenvalue weighted by Gasteiger charge is -2.25. The quantitative estimate of drug-likeness (QED) is 0.564. The Balaban J connectivity index is 1.85. The van der Waals surface area contributed by atoms with E-state index in [1.54, 1.807) is 20.5 Å². The lowest BCUT2D eigenvalue weighted by Crippen LogP contribution is -2.18. The first-order chi connectivity index (χ1) is 13.3. The molecular formula is C20H19N5O2. The van der Waals surface area contributed by atoms with Gasteiger partial charge in [0.15, 0.2) is 23.0 Å². The molecule has 4 rings (SSSR count). The van der Waals surface area contributed by atoms with Crippen LogP contribution in [-0.4, -0.2) is 34.2 Å². The molecule has 0 saturated carbocycles. The highest BCUT2D eigenvalue weighted by Crippen LogP contribution is 2.36. The van der Waals surface area contributed by atoms with Gasteiger partial charge in [-0.2, -0.15) is 0 Å². The van der Waals surface area contributed by atoms with Crippen molar-refractivity contribution in [2.24, 2.45) is 0 Å². The molecule has 1 N–H and O–H groups in total. The van der Waals surface area contributed by atoms with Crippen molar-refractivity contribution in [2.45, 2.75) is 6.54 Å². The molecule has 0 spiro atoms. The summed E-state index contributed by atoms with van der Waals surface area (Å²) in [5.74, 6) is 2.08. The number of ether oxygens (including phenoxy) is 2. The number of benzene rings is 2. The van der Waals surface area contributed by atoms with E-state index in [0.29, 0.717) is 23.7 Å². The summed E-state index contributed by atoms with van der Waals surface area (Å²) in [6.45, 7) is 0.626. The molecule has 7 nitrogen and oxygen atoms in total. The van der Waals surface area contributed by atoms with Crippen LogP contribution in [0.15, 0.2) is 61.2 Å². The molecular weight excluding hydrogens is 342 g/mol. The van der Waals surface area contributed by atoms with E-state index in [2.05, 4.69) is 37.0 Å². The standard InChI is InChI=1S/C20H19N5O2/c1-26-16-9-8-15(10-17(16)27-2)25(11-14-6-4-3-5-7-14)20-18-19(22-12-21-18)23-13-24-20/h3-10,12-13H,11H2,1-2H3,(H,21,22,23,24). The molecule has 0 atom stereocenters. The topological polar surface area (TPSA) is 76.2 Å². The summed E-state index contributed by atoms with van der Waals surface area (Å²) in [6, 6.07) is 16.0. The second kappa shape index (κ2) is 7.33. The number of H-pyrrole nitrogens is 1. The van der Waals surface area contributed by atoms with E-state index in [1.165, 1.54) is 6.33 Å². The Morgan fingerprint density at radius 1 is 0.926 bits per heavy atom. The number of aromatic amines is 1. The molecule has 2 aromatic heterocycles. The number of methoxy groups -OCH3 is 2. The minimum atomic E-state index is 0.624. The summed E-state index contributed by atoms with van der Waals surface area (Å²) in [4.78, 5) is 18.2. The second-order valence-electron chi connectivity index (χ2n) is 5.91. The first kappa shape index (κ1) is 16.8. The molecule has 7 heteroatoms. The Labute approximate surface area is 156 Å². The minimum Gasteiger partial charge on any atom is -0.493 e. The van der Waals surface area contributed by atoms with Crippen molar-refractivity contribution in [3.05, 3.63) is 66.7 Å². The number of nitrogens with one attached hydrogen (secondary N) is 1. The van der Waals surface area contributed by atoms with Gasteiger partial charge in [0, 0.05) is 18.3 Å². The third-order valence-electron chi connectivity index (χ3n) is 4.32. The van der Waals surface area contributed by atoms with Crippen molar-refractivity contribution in [1.82, 2.24) is 19.9 Å². The predicted molar refractivity (Wildman–Crippen MR) is 104 cm³/mol. The molecule has 2 aromatic carbocycles. The number of hydrogen-bond acceptors (Lipinski definition) is 6. The Bertz CT molecular complexity index is 1050. The Kier molecular flexibility index (Phi) is 4.57. The first-order valence-electron chi connectivity index (χ1n) is 8.47. The van der Waals surface area contributed by atoms with Gasteiger partial charge in [0.05, 0.1) is 20.5 Å². The lowest BCUT2D eigenvalue weighted by molar-refractivity contribution is 0.355. The molecule has 0 aliphatic rings. The smallest absolute Gasteiger partial charge is 0.182 e. The fourth-order valence-corrected chi connectivity index (χ4v) is 3.00. The normalized spacial score (nSPS) is 10.7. The van der Waals surface area contributed by atoms with Gasteiger partial charge in [0.2, 0.25) is 0 Å². The van der Waals surface area contributed by atoms with Gasteiger partial charge in [-0.15, -0.1) is 0 Å². The van der Waals surface area contributed by atoms with Crippen LogP contribution in [0.5, 0.6) is 11.5 Å². The van der Waals surface area contributed by atoms with Gasteiger partial charge in [-0.3, -0.25) is 0 Å². The van der Waals surface area contributed by atoms with Crippen LogP contribution in [-0.2, 0) is 6.54 Å². The minimum absolute atomic E-state index is 0.624. The second-order valence-corrected chi connectivity index (χ2v) is 5.91. The highest BCUT2D eigenvalue weighted by Gasteiger charge is 2.18. The third kappa shape index (κ3) is 3.27. The average molecular weight is 361 g/mol. The number of anilines is 2. The molecule has 0 aliphatic heterocycles. The molecule has 0 radical (unpaired) electrons. The van der Waals surface area contributed by atoms with Crippen molar-refractivity contribution in [3.8, 4) is 11.5 Å². The van der Waals surface area contributed by atoms with Gasteiger partial charge in [-0.25, -0.2) is 15.0 Å². The fraction of sp³-hybridized carbons (Fsp3) is 0.150. The number of nitrogens with zero attached hydrogens (tertiary/aromatic N) is 4.